The molecule has 0 radical (unpaired) electrons. The number of rotatable bonds is 3. The van der Waals surface area contributed by atoms with Gasteiger partial charge in [-0.05, 0) is 55.0 Å². The Balaban J connectivity index is 1.39. The van der Waals surface area contributed by atoms with Gasteiger partial charge in [-0.3, -0.25) is 4.79 Å². The van der Waals surface area contributed by atoms with Crippen molar-refractivity contribution in [2.75, 3.05) is 5.32 Å². The summed E-state index contributed by atoms with van der Waals surface area (Å²) in [6.07, 6.45) is 0. The molecule has 0 aliphatic rings. The quantitative estimate of drug-likeness (QED) is 0.346. The van der Waals surface area contributed by atoms with Crippen LogP contribution in [0.15, 0.2) is 71.1 Å². The molecule has 0 unspecified atom stereocenters. The molecule has 0 aliphatic heterocycles. The fourth-order valence-electron chi connectivity index (χ4n) is 3.20. The minimum absolute atomic E-state index is 0.221. The molecule has 5 aromatic rings. The highest BCUT2D eigenvalue weighted by molar-refractivity contribution is 7.21. The molecule has 1 N–H and O–H groups in total. The van der Waals surface area contributed by atoms with E-state index < -0.39 is 0 Å². The number of carbonyl (C=O) groups excluding carboxylic acids is 1. The molecule has 4 nitrogen and oxygen atoms in total. The highest BCUT2D eigenvalue weighted by atomic mass is 35.5. The first kappa shape index (κ1) is 17.9. The summed E-state index contributed by atoms with van der Waals surface area (Å²) in [7, 11) is 0. The first-order valence-electron chi connectivity index (χ1n) is 9.04. The van der Waals surface area contributed by atoms with E-state index in [0.29, 0.717) is 21.5 Å². The van der Waals surface area contributed by atoms with E-state index in [-0.39, 0.29) is 5.91 Å². The molecule has 29 heavy (non-hydrogen) atoms. The Morgan fingerprint density at radius 1 is 1.07 bits per heavy atom. The molecule has 0 saturated carbocycles. The molecule has 142 valence electrons. The van der Waals surface area contributed by atoms with Gasteiger partial charge in [0.15, 0.2) is 5.58 Å². The zero-order chi connectivity index (χ0) is 20.0. The van der Waals surface area contributed by atoms with Crippen LogP contribution in [0.2, 0.25) is 5.02 Å². The lowest BCUT2D eigenvalue weighted by Crippen LogP contribution is -2.10. The second-order valence-electron chi connectivity index (χ2n) is 6.76. The molecule has 6 heteroatoms. The van der Waals surface area contributed by atoms with Crippen LogP contribution in [0.25, 0.3) is 32.6 Å². The molecule has 0 saturated heterocycles. The number of halogens is 1. The molecule has 1 amide bonds. The van der Waals surface area contributed by atoms with Crippen LogP contribution in [0.5, 0.6) is 0 Å². The van der Waals surface area contributed by atoms with Crippen molar-refractivity contribution in [1.82, 2.24) is 4.98 Å². The van der Waals surface area contributed by atoms with Crippen molar-refractivity contribution in [3.63, 3.8) is 0 Å². The van der Waals surface area contributed by atoms with Crippen LogP contribution in [-0.2, 0) is 0 Å². The van der Waals surface area contributed by atoms with Crippen molar-refractivity contribution in [3.8, 4) is 11.5 Å². The van der Waals surface area contributed by atoms with Crippen LogP contribution in [0, 0.1) is 6.92 Å². The maximum absolute atomic E-state index is 12.7. The van der Waals surface area contributed by atoms with Crippen molar-refractivity contribution in [2.45, 2.75) is 6.92 Å². The molecule has 2 heterocycles. The Morgan fingerprint density at radius 2 is 1.86 bits per heavy atom. The number of nitrogens with one attached hydrogen (secondary N) is 1. The average molecular weight is 419 g/mol. The van der Waals surface area contributed by atoms with Crippen LogP contribution in [0.3, 0.4) is 0 Å². The van der Waals surface area contributed by atoms with Gasteiger partial charge in [-0.1, -0.05) is 35.9 Å². The van der Waals surface area contributed by atoms with Crippen LogP contribution in [0.4, 0.5) is 5.69 Å². The molecular weight excluding hydrogens is 404 g/mol. The van der Waals surface area contributed by atoms with Gasteiger partial charge in [0.1, 0.15) is 10.4 Å². The van der Waals surface area contributed by atoms with Gasteiger partial charge in [0, 0.05) is 21.3 Å². The van der Waals surface area contributed by atoms with Gasteiger partial charge in [0.05, 0.1) is 5.02 Å². The van der Waals surface area contributed by atoms with Crippen LogP contribution in [-0.4, -0.2) is 10.9 Å². The lowest BCUT2D eigenvalue weighted by atomic mass is 10.2. The van der Waals surface area contributed by atoms with Gasteiger partial charge in [-0.15, -0.1) is 11.3 Å². The number of nitrogens with zero attached hydrogens (tertiary/aromatic N) is 1. The second-order valence-corrected chi connectivity index (χ2v) is 8.19. The van der Waals surface area contributed by atoms with Gasteiger partial charge in [0.25, 0.3) is 5.91 Å². The Hall–Kier alpha value is -3.15. The molecule has 5 rings (SSSR count). The van der Waals surface area contributed by atoms with E-state index >= 15 is 0 Å². The first-order valence-corrected chi connectivity index (χ1v) is 10.2. The number of thiophene rings is 1. The summed E-state index contributed by atoms with van der Waals surface area (Å²) in [5.74, 6) is 0.331. The van der Waals surface area contributed by atoms with Gasteiger partial charge in [-0.25, -0.2) is 4.98 Å². The molecule has 0 atom stereocenters. The largest absolute Gasteiger partial charge is 0.436 e. The van der Waals surface area contributed by atoms with Crippen LogP contribution < -0.4 is 5.32 Å². The van der Waals surface area contributed by atoms with E-state index in [1.54, 1.807) is 0 Å². The lowest BCUT2D eigenvalue weighted by molar-refractivity contribution is 0.103. The number of carbonyl (C=O) groups is 1. The number of hydrogen-bond donors (Lipinski definition) is 1. The zero-order valence-corrected chi connectivity index (χ0v) is 17.0. The third-order valence-corrected chi connectivity index (χ3v) is 6.35. The highest BCUT2D eigenvalue weighted by Gasteiger charge is 2.17. The summed E-state index contributed by atoms with van der Waals surface area (Å²) in [6.45, 7) is 2.02. The predicted octanol–water partition coefficient (Wildman–Crippen LogP) is 6.92. The highest BCUT2D eigenvalue weighted by Crippen LogP contribution is 2.35. The second kappa shape index (κ2) is 7.03. The van der Waals surface area contributed by atoms with Crippen molar-refractivity contribution in [1.29, 1.82) is 0 Å². The molecule has 2 aromatic heterocycles. The van der Waals surface area contributed by atoms with Crippen LogP contribution in [0.1, 0.15) is 15.2 Å². The van der Waals surface area contributed by atoms with Crippen molar-refractivity contribution in [3.05, 3.63) is 82.2 Å². The number of oxazole rings is 1. The summed E-state index contributed by atoms with van der Waals surface area (Å²) in [5.41, 5.74) is 4.23. The monoisotopic (exact) mass is 418 g/mol. The van der Waals surface area contributed by atoms with E-state index in [9.17, 15) is 4.79 Å². The minimum atomic E-state index is -0.221. The maximum atomic E-state index is 12.7. The summed E-state index contributed by atoms with van der Waals surface area (Å²) < 4.78 is 6.85. The normalized spacial score (nSPS) is 11.2. The molecular formula is C23H15ClN2O2S. The summed E-state index contributed by atoms with van der Waals surface area (Å²) >= 11 is 7.79. The standard InChI is InChI=1S/C23H15ClN2O2S/c1-13-6-11-17-18(12-13)28-23(26-17)14-7-9-15(10-8-14)25-22(27)21-20(24)16-4-2-3-5-19(16)29-21/h2-12H,1H3,(H,25,27). The number of fused-ring (bicyclic) bond motifs is 2. The Kier molecular flexibility index (Phi) is 4.34. The Morgan fingerprint density at radius 3 is 2.66 bits per heavy atom. The zero-order valence-electron chi connectivity index (χ0n) is 15.4. The SMILES string of the molecule is Cc1ccc2nc(-c3ccc(NC(=O)c4sc5ccccc5c4Cl)cc3)oc2c1. The van der Waals surface area contributed by atoms with E-state index in [4.69, 9.17) is 16.0 Å². The number of aromatic nitrogens is 1. The summed E-state index contributed by atoms with van der Waals surface area (Å²) in [5, 5.41) is 4.29. The molecule has 0 fully saturated rings. The Labute approximate surface area is 175 Å². The topological polar surface area (TPSA) is 55.1 Å². The fourth-order valence-corrected chi connectivity index (χ4v) is 4.61. The van der Waals surface area contributed by atoms with Crippen molar-refractivity contribution >= 4 is 55.7 Å². The van der Waals surface area contributed by atoms with Gasteiger partial charge >= 0.3 is 0 Å². The number of benzene rings is 3. The number of aryl methyl sites for hydroxylation is 1. The van der Waals surface area contributed by atoms with E-state index in [2.05, 4.69) is 10.3 Å². The number of amides is 1. The number of hydrogen-bond acceptors (Lipinski definition) is 4. The van der Waals surface area contributed by atoms with E-state index in [1.165, 1.54) is 11.3 Å². The molecule has 3 aromatic carbocycles. The third kappa shape index (κ3) is 3.28. The fraction of sp³-hybridized carbons (Fsp3) is 0.0435. The molecule has 0 aliphatic carbocycles. The first-order chi connectivity index (χ1) is 14.1. The summed E-state index contributed by atoms with van der Waals surface area (Å²) in [4.78, 5) is 17.7. The molecule has 0 bridgehead atoms. The Bertz CT molecular complexity index is 1370. The predicted molar refractivity (Wildman–Crippen MR) is 119 cm³/mol. The third-order valence-electron chi connectivity index (χ3n) is 4.67. The lowest BCUT2D eigenvalue weighted by Gasteiger charge is -2.04. The van der Waals surface area contributed by atoms with E-state index in [1.807, 2.05) is 73.7 Å². The van der Waals surface area contributed by atoms with Crippen molar-refractivity contribution < 1.29 is 9.21 Å². The minimum Gasteiger partial charge on any atom is -0.436 e. The summed E-state index contributed by atoms with van der Waals surface area (Å²) in [6, 6.07) is 21.0. The van der Waals surface area contributed by atoms with Crippen molar-refractivity contribution in [2.24, 2.45) is 0 Å². The van der Waals surface area contributed by atoms with Crippen LogP contribution >= 0.6 is 22.9 Å². The average Bonchev–Trinajstić information content (AvgIpc) is 3.30. The van der Waals surface area contributed by atoms with E-state index in [0.717, 1.165) is 32.3 Å². The maximum Gasteiger partial charge on any atom is 0.267 e. The molecule has 0 spiro atoms. The van der Waals surface area contributed by atoms with Gasteiger partial charge < -0.3 is 9.73 Å². The number of anilines is 1. The van der Waals surface area contributed by atoms with Gasteiger partial charge in [0.2, 0.25) is 5.89 Å². The van der Waals surface area contributed by atoms with Gasteiger partial charge in [-0.2, -0.15) is 0 Å². The smallest absolute Gasteiger partial charge is 0.267 e.